The Bertz CT molecular complexity index is 510. The van der Waals surface area contributed by atoms with E-state index in [0.29, 0.717) is 25.9 Å². The smallest absolute Gasteiger partial charge is 0.248 e. The zero-order valence-corrected chi connectivity index (χ0v) is 12.8. The van der Waals surface area contributed by atoms with Gasteiger partial charge in [-0.2, -0.15) is 0 Å². The molecule has 122 valence electrons. The first kappa shape index (κ1) is 15.4. The molecule has 22 heavy (non-hydrogen) atoms. The van der Waals surface area contributed by atoms with Crippen molar-refractivity contribution in [2.45, 2.75) is 37.6 Å². The number of amides is 1. The molecule has 1 saturated carbocycles. The van der Waals surface area contributed by atoms with Crippen molar-refractivity contribution in [3.8, 4) is 0 Å². The zero-order valence-electron chi connectivity index (χ0n) is 12.8. The minimum absolute atomic E-state index is 0.0279. The molecule has 1 saturated heterocycles. The number of likely N-dealkylation sites (N-methyl/N-ethyl adjacent to an activating group) is 1. The molecule has 1 aromatic heterocycles. The average molecular weight is 312 g/mol. The van der Waals surface area contributed by atoms with E-state index in [-0.39, 0.29) is 30.7 Å². The lowest BCUT2D eigenvalue weighted by molar-refractivity contribution is -0.142. The normalized spacial score (nSPS) is 27.0. The molecule has 1 atom stereocenters. The van der Waals surface area contributed by atoms with Gasteiger partial charge in [0.2, 0.25) is 11.8 Å². The van der Waals surface area contributed by atoms with Crippen molar-refractivity contribution in [3.63, 3.8) is 0 Å². The molecule has 2 fully saturated rings. The van der Waals surface area contributed by atoms with Crippen LogP contribution in [0.1, 0.15) is 37.5 Å². The number of halogens is 2. The summed E-state index contributed by atoms with van der Waals surface area (Å²) in [7, 11) is 2.01. The minimum Gasteiger partial charge on any atom is -0.347 e. The van der Waals surface area contributed by atoms with Gasteiger partial charge in [-0.15, -0.1) is 0 Å². The van der Waals surface area contributed by atoms with Crippen LogP contribution in [-0.4, -0.2) is 58.3 Å². The summed E-state index contributed by atoms with van der Waals surface area (Å²) in [6.45, 7) is 1.98. The van der Waals surface area contributed by atoms with Gasteiger partial charge in [0.25, 0.3) is 0 Å². The van der Waals surface area contributed by atoms with Crippen LogP contribution in [0.4, 0.5) is 8.78 Å². The second-order valence-electron chi connectivity index (χ2n) is 6.39. The Kier molecular flexibility index (Phi) is 4.16. The van der Waals surface area contributed by atoms with E-state index in [2.05, 4.69) is 14.9 Å². The SMILES string of the molecule is CN1CCN(C(=O)C2CCC(F)(F)CC2)C[C@H]1c1ncc[nH]1. The van der Waals surface area contributed by atoms with Crippen LogP contribution >= 0.6 is 0 Å². The van der Waals surface area contributed by atoms with Gasteiger partial charge in [-0.25, -0.2) is 13.8 Å². The fourth-order valence-corrected chi connectivity index (χ4v) is 3.37. The Labute approximate surface area is 128 Å². The third-order valence-corrected chi connectivity index (χ3v) is 4.86. The standard InChI is InChI=1S/C15H22F2N4O/c1-20-8-9-21(10-12(20)13-18-6-7-19-13)14(22)11-2-4-15(16,17)5-3-11/h6-7,11-12H,2-5,8-10H2,1H3,(H,18,19)/t12-/m0/s1. The zero-order chi connectivity index (χ0) is 15.7. The van der Waals surface area contributed by atoms with Crippen LogP contribution in [0.15, 0.2) is 12.4 Å². The Morgan fingerprint density at radius 1 is 1.36 bits per heavy atom. The van der Waals surface area contributed by atoms with Gasteiger partial charge in [-0.1, -0.05) is 0 Å². The summed E-state index contributed by atoms with van der Waals surface area (Å²) in [5, 5.41) is 0. The maximum atomic E-state index is 13.2. The number of rotatable bonds is 2. The highest BCUT2D eigenvalue weighted by atomic mass is 19.3. The number of imidazole rings is 1. The van der Waals surface area contributed by atoms with Crippen molar-refractivity contribution in [2.75, 3.05) is 26.7 Å². The predicted molar refractivity (Wildman–Crippen MR) is 77.4 cm³/mol. The Morgan fingerprint density at radius 2 is 2.09 bits per heavy atom. The summed E-state index contributed by atoms with van der Waals surface area (Å²) >= 11 is 0. The van der Waals surface area contributed by atoms with E-state index in [9.17, 15) is 13.6 Å². The van der Waals surface area contributed by atoms with Crippen LogP contribution in [0.5, 0.6) is 0 Å². The number of nitrogens with one attached hydrogen (secondary N) is 1. The highest BCUT2D eigenvalue weighted by molar-refractivity contribution is 5.79. The van der Waals surface area contributed by atoms with E-state index in [1.165, 1.54) is 0 Å². The number of carbonyl (C=O) groups is 1. The molecule has 1 N–H and O–H groups in total. The third kappa shape index (κ3) is 3.14. The number of alkyl halides is 2. The quantitative estimate of drug-likeness (QED) is 0.909. The van der Waals surface area contributed by atoms with Crippen LogP contribution < -0.4 is 0 Å². The first-order valence-electron chi connectivity index (χ1n) is 7.82. The summed E-state index contributed by atoms with van der Waals surface area (Å²) in [5.41, 5.74) is 0. The lowest BCUT2D eigenvalue weighted by Gasteiger charge is -2.40. The second kappa shape index (κ2) is 5.95. The molecule has 1 aliphatic carbocycles. The molecule has 1 aromatic rings. The molecule has 1 amide bonds. The van der Waals surface area contributed by atoms with Gasteiger partial charge in [-0.3, -0.25) is 9.69 Å². The van der Waals surface area contributed by atoms with E-state index < -0.39 is 5.92 Å². The van der Waals surface area contributed by atoms with Gasteiger partial charge in [0.1, 0.15) is 5.82 Å². The molecule has 0 unspecified atom stereocenters. The lowest BCUT2D eigenvalue weighted by Crippen LogP contribution is -2.51. The minimum atomic E-state index is -2.59. The Balaban J connectivity index is 1.64. The van der Waals surface area contributed by atoms with E-state index in [1.54, 1.807) is 12.4 Å². The van der Waals surface area contributed by atoms with Crippen LogP contribution in [0.3, 0.4) is 0 Å². The van der Waals surface area contributed by atoms with Crippen LogP contribution in [0.25, 0.3) is 0 Å². The average Bonchev–Trinajstić information content (AvgIpc) is 3.01. The van der Waals surface area contributed by atoms with E-state index in [0.717, 1.165) is 12.4 Å². The highest BCUT2D eigenvalue weighted by Gasteiger charge is 2.40. The van der Waals surface area contributed by atoms with E-state index in [1.807, 2.05) is 11.9 Å². The van der Waals surface area contributed by atoms with Gasteiger partial charge in [-0.05, 0) is 19.9 Å². The first-order valence-corrected chi connectivity index (χ1v) is 7.82. The van der Waals surface area contributed by atoms with Gasteiger partial charge in [0, 0.05) is 50.8 Å². The molecular formula is C15H22F2N4O. The molecule has 7 heteroatoms. The summed E-state index contributed by atoms with van der Waals surface area (Å²) in [4.78, 5) is 24.0. The molecule has 2 aliphatic rings. The number of H-pyrrole nitrogens is 1. The van der Waals surface area contributed by atoms with E-state index >= 15 is 0 Å². The monoisotopic (exact) mass is 312 g/mol. The van der Waals surface area contributed by atoms with Crippen molar-refractivity contribution in [1.29, 1.82) is 0 Å². The Hall–Kier alpha value is -1.50. The van der Waals surface area contributed by atoms with Gasteiger partial charge in [0.05, 0.1) is 6.04 Å². The summed E-state index contributed by atoms with van der Waals surface area (Å²) in [6.07, 6.45) is 3.73. The first-order chi connectivity index (χ1) is 10.5. The molecule has 3 rings (SSSR count). The van der Waals surface area contributed by atoms with Crippen molar-refractivity contribution < 1.29 is 13.6 Å². The van der Waals surface area contributed by atoms with Crippen LogP contribution in [0, 0.1) is 5.92 Å². The number of aromatic amines is 1. The molecule has 1 aliphatic heterocycles. The van der Waals surface area contributed by atoms with Crippen molar-refractivity contribution in [2.24, 2.45) is 5.92 Å². The number of piperazine rings is 1. The fourth-order valence-electron chi connectivity index (χ4n) is 3.37. The fraction of sp³-hybridized carbons (Fsp3) is 0.733. The van der Waals surface area contributed by atoms with Crippen molar-refractivity contribution in [3.05, 3.63) is 18.2 Å². The topological polar surface area (TPSA) is 52.2 Å². The lowest BCUT2D eigenvalue weighted by atomic mass is 9.85. The van der Waals surface area contributed by atoms with Crippen molar-refractivity contribution in [1.82, 2.24) is 19.8 Å². The third-order valence-electron chi connectivity index (χ3n) is 4.86. The number of hydrogen-bond donors (Lipinski definition) is 1. The molecule has 0 spiro atoms. The molecule has 0 aromatic carbocycles. The number of aromatic nitrogens is 2. The van der Waals surface area contributed by atoms with Gasteiger partial charge in [0.15, 0.2) is 0 Å². The molecule has 5 nitrogen and oxygen atoms in total. The summed E-state index contributed by atoms with van der Waals surface area (Å²) < 4.78 is 26.5. The van der Waals surface area contributed by atoms with Crippen molar-refractivity contribution >= 4 is 5.91 Å². The number of hydrogen-bond acceptors (Lipinski definition) is 3. The summed E-state index contributed by atoms with van der Waals surface area (Å²) in [6, 6.07) is 0.0396. The van der Waals surface area contributed by atoms with Crippen LogP contribution in [-0.2, 0) is 4.79 Å². The number of carbonyl (C=O) groups excluding carboxylic acids is 1. The molecule has 2 heterocycles. The van der Waals surface area contributed by atoms with E-state index in [4.69, 9.17) is 0 Å². The summed E-state index contributed by atoms with van der Waals surface area (Å²) in [5.74, 6) is -1.97. The van der Waals surface area contributed by atoms with Gasteiger partial charge >= 0.3 is 0 Å². The highest BCUT2D eigenvalue weighted by Crippen LogP contribution is 2.37. The maximum absolute atomic E-state index is 13.2. The van der Waals surface area contributed by atoms with Crippen LogP contribution in [0.2, 0.25) is 0 Å². The molecule has 0 bridgehead atoms. The second-order valence-corrected chi connectivity index (χ2v) is 6.39. The Morgan fingerprint density at radius 3 is 2.73 bits per heavy atom. The predicted octanol–water partition coefficient (Wildman–Crippen LogP) is 2.05. The largest absolute Gasteiger partial charge is 0.347 e. The number of nitrogens with zero attached hydrogens (tertiary/aromatic N) is 3. The molecular weight excluding hydrogens is 290 g/mol. The molecule has 0 radical (unpaired) electrons. The van der Waals surface area contributed by atoms with Gasteiger partial charge < -0.3 is 9.88 Å². The maximum Gasteiger partial charge on any atom is 0.248 e.